The molecule has 1 aromatic carbocycles. The fourth-order valence-corrected chi connectivity index (χ4v) is 1.43. The molecule has 4 heteroatoms. The number of hydrogen-bond donors (Lipinski definition) is 0. The van der Waals surface area contributed by atoms with Crippen LogP contribution in [0.5, 0.6) is 0 Å². The van der Waals surface area contributed by atoms with Gasteiger partial charge in [0.1, 0.15) is 0 Å². The van der Waals surface area contributed by atoms with Crippen molar-refractivity contribution < 1.29 is 4.79 Å². The maximum Gasteiger partial charge on any atom is 0.271 e. The summed E-state index contributed by atoms with van der Waals surface area (Å²) in [6.45, 7) is 1.97. The number of rotatable bonds is 1. The Kier molecular flexibility index (Phi) is 3.76. The van der Waals surface area contributed by atoms with Crippen LogP contribution >= 0.6 is 45.7 Å². The van der Waals surface area contributed by atoms with E-state index >= 15 is 0 Å². The van der Waals surface area contributed by atoms with Crippen LogP contribution in [0.2, 0.25) is 0 Å². The van der Waals surface area contributed by atoms with E-state index in [0.717, 1.165) is 11.1 Å². The van der Waals surface area contributed by atoms with E-state index in [-0.39, 0.29) is 5.91 Å². The van der Waals surface area contributed by atoms with Crippen LogP contribution in [0.15, 0.2) is 24.3 Å². The van der Waals surface area contributed by atoms with Crippen LogP contribution in [0.1, 0.15) is 15.9 Å². The van der Waals surface area contributed by atoms with Crippen LogP contribution in [0.25, 0.3) is 0 Å². The fraction of sp³-hybridized carbons (Fsp3) is 0.125. The lowest BCUT2D eigenvalue weighted by Gasteiger charge is -2.05. The highest BCUT2D eigenvalue weighted by Gasteiger charge is 2.09. The van der Waals surface area contributed by atoms with Crippen molar-refractivity contribution in [2.45, 2.75) is 6.92 Å². The zero-order chi connectivity index (χ0) is 9.14. The lowest BCUT2D eigenvalue weighted by atomic mass is 10.1. The SMILES string of the molecule is Cc1cccc(C(=O)N(I)I)c1. The number of aryl methyl sites for hydroxylation is 1. The van der Waals surface area contributed by atoms with E-state index in [0.29, 0.717) is 0 Å². The van der Waals surface area contributed by atoms with Crippen molar-refractivity contribution >= 4 is 51.6 Å². The van der Waals surface area contributed by atoms with Gasteiger partial charge in [0.15, 0.2) is 0 Å². The van der Waals surface area contributed by atoms with Crippen molar-refractivity contribution in [2.24, 2.45) is 0 Å². The largest absolute Gasteiger partial charge is 0.271 e. The molecular formula is C8H7I2NO. The standard InChI is InChI=1S/C8H7I2NO/c1-6-3-2-4-7(5-6)8(12)11(9)10/h2-5H,1H3. The van der Waals surface area contributed by atoms with Crippen LogP contribution in [0, 0.1) is 6.92 Å². The van der Waals surface area contributed by atoms with Crippen molar-refractivity contribution in [3.63, 3.8) is 0 Å². The summed E-state index contributed by atoms with van der Waals surface area (Å²) in [6.07, 6.45) is 0. The number of amides is 1. The van der Waals surface area contributed by atoms with Gasteiger partial charge >= 0.3 is 0 Å². The van der Waals surface area contributed by atoms with Crippen LogP contribution in [-0.4, -0.2) is 7.23 Å². The average Bonchev–Trinajstić information content (AvgIpc) is 2.03. The van der Waals surface area contributed by atoms with E-state index in [9.17, 15) is 4.79 Å². The number of carbonyl (C=O) groups is 1. The molecule has 0 aliphatic heterocycles. The minimum atomic E-state index is 0.0277. The third-order valence-corrected chi connectivity index (χ3v) is 2.29. The highest BCUT2D eigenvalue weighted by Crippen LogP contribution is 2.14. The third kappa shape index (κ3) is 2.58. The summed E-state index contributed by atoms with van der Waals surface area (Å²) in [6, 6.07) is 7.56. The molecule has 1 amide bonds. The second-order valence-corrected chi connectivity index (χ2v) is 6.18. The monoisotopic (exact) mass is 387 g/mol. The number of halogens is 2. The minimum Gasteiger partial charge on any atom is -0.267 e. The van der Waals surface area contributed by atoms with E-state index in [4.69, 9.17) is 0 Å². The molecule has 0 heterocycles. The molecule has 0 aliphatic carbocycles. The maximum atomic E-state index is 11.4. The van der Waals surface area contributed by atoms with Gasteiger partial charge in [-0.3, -0.25) is 4.79 Å². The van der Waals surface area contributed by atoms with E-state index in [1.54, 1.807) is 0 Å². The average molecular weight is 387 g/mol. The van der Waals surface area contributed by atoms with E-state index in [2.05, 4.69) is 0 Å². The summed E-state index contributed by atoms with van der Waals surface area (Å²) in [7, 11) is 0. The zero-order valence-corrected chi connectivity index (χ0v) is 10.7. The van der Waals surface area contributed by atoms with Gasteiger partial charge in [-0.25, -0.2) is 1.33 Å². The summed E-state index contributed by atoms with van der Waals surface area (Å²) in [4.78, 5) is 11.4. The van der Waals surface area contributed by atoms with E-state index < -0.39 is 0 Å². The Morgan fingerprint density at radius 1 is 1.42 bits per heavy atom. The Bertz CT molecular complexity index is 299. The second-order valence-electron chi connectivity index (χ2n) is 2.41. The lowest BCUT2D eigenvalue weighted by molar-refractivity contribution is 0.0952. The molecule has 64 valence electrons. The van der Waals surface area contributed by atoms with Gasteiger partial charge in [-0.2, -0.15) is 0 Å². The molecule has 0 aliphatic rings. The normalized spacial score (nSPS) is 9.58. The maximum absolute atomic E-state index is 11.4. The van der Waals surface area contributed by atoms with E-state index in [1.807, 2.05) is 76.9 Å². The van der Waals surface area contributed by atoms with Crippen LogP contribution < -0.4 is 0 Å². The molecule has 0 atom stereocenters. The smallest absolute Gasteiger partial charge is 0.267 e. The summed E-state index contributed by atoms with van der Waals surface area (Å²) >= 11 is 3.91. The topological polar surface area (TPSA) is 20.3 Å². The highest BCUT2D eigenvalue weighted by atomic mass is 127. The lowest BCUT2D eigenvalue weighted by Crippen LogP contribution is -2.09. The predicted molar refractivity (Wildman–Crippen MR) is 65.4 cm³/mol. The van der Waals surface area contributed by atoms with Gasteiger partial charge in [-0.05, 0) is 19.1 Å². The quantitative estimate of drug-likeness (QED) is 0.536. The Balaban J connectivity index is 2.96. The molecule has 1 aromatic rings. The van der Waals surface area contributed by atoms with E-state index in [1.165, 1.54) is 1.33 Å². The van der Waals surface area contributed by atoms with Gasteiger partial charge in [0.05, 0.1) is 45.7 Å². The third-order valence-electron chi connectivity index (χ3n) is 1.42. The Hall–Kier alpha value is 0.150. The first-order valence-electron chi connectivity index (χ1n) is 3.34. The zero-order valence-electron chi connectivity index (χ0n) is 6.42. The minimum absolute atomic E-state index is 0.0277. The number of carbonyl (C=O) groups excluding carboxylic acids is 1. The molecule has 0 unspecified atom stereocenters. The molecule has 0 saturated carbocycles. The van der Waals surface area contributed by atoms with Crippen LogP contribution in [0.4, 0.5) is 0 Å². The molecule has 0 spiro atoms. The van der Waals surface area contributed by atoms with Crippen molar-refractivity contribution in [3.8, 4) is 0 Å². The number of hydrogen-bond acceptors (Lipinski definition) is 1. The summed E-state index contributed by atoms with van der Waals surface area (Å²) in [5, 5.41) is 0. The van der Waals surface area contributed by atoms with Gasteiger partial charge < -0.3 is 0 Å². The first kappa shape index (κ1) is 10.2. The van der Waals surface area contributed by atoms with Crippen molar-refractivity contribution in [3.05, 3.63) is 35.4 Å². The van der Waals surface area contributed by atoms with Gasteiger partial charge in [0, 0.05) is 5.56 Å². The number of benzene rings is 1. The van der Waals surface area contributed by atoms with Crippen molar-refractivity contribution in [1.29, 1.82) is 0 Å². The first-order chi connectivity index (χ1) is 5.61. The molecule has 0 aromatic heterocycles. The molecule has 2 nitrogen and oxygen atoms in total. The van der Waals surface area contributed by atoms with Gasteiger partial charge in [0.25, 0.3) is 5.91 Å². The van der Waals surface area contributed by atoms with Crippen molar-refractivity contribution in [2.75, 3.05) is 0 Å². The molecule has 1 rings (SSSR count). The first-order valence-corrected chi connectivity index (χ1v) is 5.27. The van der Waals surface area contributed by atoms with Crippen LogP contribution in [-0.2, 0) is 0 Å². The van der Waals surface area contributed by atoms with Crippen LogP contribution in [0.3, 0.4) is 0 Å². The molecule has 12 heavy (non-hydrogen) atoms. The van der Waals surface area contributed by atoms with Gasteiger partial charge in [-0.1, -0.05) is 17.7 Å². The Morgan fingerprint density at radius 3 is 2.58 bits per heavy atom. The Morgan fingerprint density at radius 2 is 2.08 bits per heavy atom. The summed E-state index contributed by atoms with van der Waals surface area (Å²) in [5.74, 6) is 0.0277. The second kappa shape index (κ2) is 4.40. The molecule has 0 fully saturated rings. The summed E-state index contributed by atoms with van der Waals surface area (Å²) < 4.78 is 1.52. The fourth-order valence-electron chi connectivity index (χ4n) is 0.876. The molecular weight excluding hydrogens is 380 g/mol. The van der Waals surface area contributed by atoms with Gasteiger partial charge in [0.2, 0.25) is 0 Å². The van der Waals surface area contributed by atoms with Crippen molar-refractivity contribution in [1.82, 2.24) is 1.33 Å². The molecule has 0 bridgehead atoms. The summed E-state index contributed by atoms with van der Waals surface area (Å²) in [5.41, 5.74) is 1.84. The predicted octanol–water partition coefficient (Wildman–Crippen LogP) is 3.14. The molecule has 0 saturated heterocycles. The Labute approximate surface area is 99.3 Å². The molecule has 0 N–H and O–H groups in total. The highest BCUT2D eigenvalue weighted by molar-refractivity contribution is 14.2. The van der Waals surface area contributed by atoms with Gasteiger partial charge in [-0.15, -0.1) is 0 Å². The number of nitrogens with zero attached hydrogens (tertiary/aromatic N) is 1. The molecule has 0 radical (unpaired) electrons.